The van der Waals surface area contributed by atoms with Gasteiger partial charge in [0.05, 0.1) is 13.2 Å². The second kappa shape index (κ2) is 35.8. The standard InChI is InChI=1S/C44H82O10/c1-3-5-7-9-11-13-15-17-19-21-23-25-27-29-31-33-40(47)53-37(36-52-44-43(50)42(49)41(48)38(34-45)54-44)35-51-39(46)32-30-28-26-24-22-20-18-16-14-12-10-8-6-4-2/h17,19,37-38,41-45,48-50H,3-16,18,20-36H2,1-2H3/b19-17+/t37-,38-,41+,42?,43?,44-/m0/s1. The van der Waals surface area contributed by atoms with Crippen molar-refractivity contribution in [2.75, 3.05) is 19.8 Å². The Labute approximate surface area is 329 Å². The quantitative estimate of drug-likeness (QED) is 0.0273. The summed E-state index contributed by atoms with van der Waals surface area (Å²) in [6.07, 6.45) is 29.3. The summed E-state index contributed by atoms with van der Waals surface area (Å²) >= 11 is 0. The number of carbonyl (C=O) groups is 2. The number of hydrogen-bond donors (Lipinski definition) is 4. The molecule has 10 nitrogen and oxygen atoms in total. The molecule has 0 radical (unpaired) electrons. The van der Waals surface area contributed by atoms with Crippen molar-refractivity contribution in [3.63, 3.8) is 0 Å². The topological polar surface area (TPSA) is 152 Å². The summed E-state index contributed by atoms with van der Waals surface area (Å²) in [4.78, 5) is 25.3. The van der Waals surface area contributed by atoms with Gasteiger partial charge in [0.1, 0.15) is 31.0 Å². The lowest BCUT2D eigenvalue weighted by Crippen LogP contribution is -2.59. The first-order valence-corrected chi connectivity index (χ1v) is 22.3. The number of esters is 2. The van der Waals surface area contributed by atoms with Crippen LogP contribution in [0.5, 0.6) is 0 Å². The van der Waals surface area contributed by atoms with E-state index in [-0.39, 0.29) is 32.0 Å². The van der Waals surface area contributed by atoms with Crippen LogP contribution >= 0.6 is 0 Å². The Morgan fingerprint density at radius 1 is 0.556 bits per heavy atom. The molecular formula is C44H82O10. The van der Waals surface area contributed by atoms with Gasteiger partial charge in [-0.25, -0.2) is 0 Å². The van der Waals surface area contributed by atoms with Crippen molar-refractivity contribution >= 4 is 11.9 Å². The molecule has 0 bridgehead atoms. The number of unbranched alkanes of at least 4 members (excludes halogenated alkanes) is 24. The molecule has 1 fully saturated rings. The van der Waals surface area contributed by atoms with E-state index in [0.717, 1.165) is 51.4 Å². The van der Waals surface area contributed by atoms with Crippen LogP contribution in [0.4, 0.5) is 0 Å². The minimum atomic E-state index is -1.59. The minimum Gasteiger partial charge on any atom is -0.462 e. The van der Waals surface area contributed by atoms with Crippen LogP contribution in [0, 0.1) is 0 Å². The van der Waals surface area contributed by atoms with E-state index in [1.165, 1.54) is 116 Å². The molecule has 4 N–H and O–H groups in total. The molecule has 0 aromatic carbocycles. The molecule has 318 valence electrons. The maximum absolute atomic E-state index is 12.7. The summed E-state index contributed by atoms with van der Waals surface area (Å²) in [6.45, 7) is 3.42. The summed E-state index contributed by atoms with van der Waals surface area (Å²) in [5, 5.41) is 40.0. The van der Waals surface area contributed by atoms with Gasteiger partial charge >= 0.3 is 11.9 Å². The monoisotopic (exact) mass is 771 g/mol. The highest BCUT2D eigenvalue weighted by molar-refractivity contribution is 5.70. The van der Waals surface area contributed by atoms with Crippen molar-refractivity contribution in [1.82, 2.24) is 0 Å². The molecular weight excluding hydrogens is 688 g/mol. The molecule has 54 heavy (non-hydrogen) atoms. The van der Waals surface area contributed by atoms with E-state index in [9.17, 15) is 30.0 Å². The van der Waals surface area contributed by atoms with Crippen LogP contribution in [0.2, 0.25) is 0 Å². The number of ether oxygens (including phenoxy) is 4. The molecule has 0 amide bonds. The van der Waals surface area contributed by atoms with Gasteiger partial charge in [0.15, 0.2) is 12.4 Å². The predicted molar refractivity (Wildman–Crippen MR) is 215 cm³/mol. The van der Waals surface area contributed by atoms with Gasteiger partial charge in [-0.1, -0.05) is 161 Å². The van der Waals surface area contributed by atoms with E-state index in [1.807, 2.05) is 0 Å². The smallest absolute Gasteiger partial charge is 0.306 e. The SMILES string of the molecule is CCCCCCCC/C=C/CCCCCCCC(=O)O[C@@H](COC(=O)CCCCCCCCCCCCCCCC)CO[C@H]1O[C@@H](CO)[C@@H](O)C(O)C1O. The lowest BCUT2D eigenvalue weighted by atomic mass is 9.99. The van der Waals surface area contributed by atoms with Crippen LogP contribution in [-0.2, 0) is 28.5 Å². The van der Waals surface area contributed by atoms with Crippen LogP contribution in [-0.4, -0.2) is 89.0 Å². The first kappa shape index (κ1) is 50.5. The number of aliphatic hydroxyl groups excluding tert-OH is 4. The van der Waals surface area contributed by atoms with Crippen LogP contribution in [0.15, 0.2) is 12.2 Å². The molecule has 0 aliphatic carbocycles. The van der Waals surface area contributed by atoms with Crippen molar-refractivity contribution < 1.29 is 49.0 Å². The molecule has 1 rings (SSSR count). The molecule has 0 aromatic heterocycles. The third kappa shape index (κ3) is 27.1. The molecule has 6 atom stereocenters. The highest BCUT2D eigenvalue weighted by Gasteiger charge is 2.44. The number of carbonyl (C=O) groups excluding carboxylic acids is 2. The van der Waals surface area contributed by atoms with E-state index < -0.39 is 49.4 Å². The van der Waals surface area contributed by atoms with E-state index in [0.29, 0.717) is 6.42 Å². The minimum absolute atomic E-state index is 0.215. The van der Waals surface area contributed by atoms with Gasteiger partial charge in [-0.2, -0.15) is 0 Å². The van der Waals surface area contributed by atoms with E-state index in [4.69, 9.17) is 18.9 Å². The van der Waals surface area contributed by atoms with Gasteiger partial charge in [-0.15, -0.1) is 0 Å². The normalized spacial score (nSPS) is 20.7. The fourth-order valence-corrected chi connectivity index (χ4v) is 6.83. The summed E-state index contributed by atoms with van der Waals surface area (Å²) in [5.41, 5.74) is 0. The van der Waals surface area contributed by atoms with Gasteiger partial charge in [-0.3, -0.25) is 9.59 Å². The zero-order valence-electron chi connectivity index (χ0n) is 34.5. The van der Waals surface area contributed by atoms with Crippen molar-refractivity contribution in [2.24, 2.45) is 0 Å². The number of aliphatic hydroxyl groups is 4. The third-order valence-corrected chi connectivity index (χ3v) is 10.4. The molecule has 0 saturated carbocycles. The van der Waals surface area contributed by atoms with E-state index in [2.05, 4.69) is 26.0 Å². The molecule has 1 aliphatic heterocycles. The van der Waals surface area contributed by atoms with Gasteiger partial charge < -0.3 is 39.4 Å². The summed E-state index contributed by atoms with van der Waals surface area (Å²) in [5.74, 6) is -0.807. The van der Waals surface area contributed by atoms with Crippen LogP contribution in [0.3, 0.4) is 0 Å². The van der Waals surface area contributed by atoms with E-state index >= 15 is 0 Å². The lowest BCUT2D eigenvalue weighted by molar-refractivity contribution is -0.305. The molecule has 1 saturated heterocycles. The fourth-order valence-electron chi connectivity index (χ4n) is 6.83. The average Bonchev–Trinajstić information content (AvgIpc) is 3.17. The largest absolute Gasteiger partial charge is 0.462 e. The highest BCUT2D eigenvalue weighted by atomic mass is 16.7. The number of allylic oxidation sites excluding steroid dienone is 2. The van der Waals surface area contributed by atoms with E-state index in [1.54, 1.807) is 0 Å². The number of hydrogen-bond acceptors (Lipinski definition) is 10. The summed E-state index contributed by atoms with van der Waals surface area (Å²) in [7, 11) is 0. The van der Waals surface area contributed by atoms with Gasteiger partial charge in [-0.05, 0) is 38.5 Å². The highest BCUT2D eigenvalue weighted by Crippen LogP contribution is 2.23. The zero-order valence-corrected chi connectivity index (χ0v) is 34.5. The Balaban J connectivity index is 2.34. The summed E-state index contributed by atoms with van der Waals surface area (Å²) < 4.78 is 22.1. The Bertz CT molecular complexity index is 897. The molecule has 2 unspecified atom stereocenters. The lowest BCUT2D eigenvalue weighted by Gasteiger charge is -2.39. The Morgan fingerprint density at radius 3 is 1.44 bits per heavy atom. The maximum Gasteiger partial charge on any atom is 0.306 e. The first-order valence-electron chi connectivity index (χ1n) is 22.3. The maximum atomic E-state index is 12.7. The second-order valence-corrected chi connectivity index (χ2v) is 15.5. The Kier molecular flexibility index (Phi) is 33.5. The van der Waals surface area contributed by atoms with Crippen molar-refractivity contribution in [3.8, 4) is 0 Å². The van der Waals surface area contributed by atoms with Crippen molar-refractivity contribution in [2.45, 2.75) is 237 Å². The van der Waals surface area contributed by atoms with Crippen molar-refractivity contribution in [3.05, 3.63) is 12.2 Å². The van der Waals surface area contributed by atoms with Gasteiger partial charge in [0.25, 0.3) is 0 Å². The first-order chi connectivity index (χ1) is 26.3. The van der Waals surface area contributed by atoms with Crippen molar-refractivity contribution in [1.29, 1.82) is 0 Å². The second-order valence-electron chi connectivity index (χ2n) is 15.5. The van der Waals surface area contributed by atoms with Crippen LogP contribution < -0.4 is 0 Å². The Morgan fingerprint density at radius 2 is 0.981 bits per heavy atom. The molecule has 1 aliphatic rings. The Hall–Kier alpha value is -1.56. The molecule has 1 heterocycles. The van der Waals surface area contributed by atoms with Crippen LogP contribution in [0.1, 0.15) is 200 Å². The summed E-state index contributed by atoms with van der Waals surface area (Å²) in [6, 6.07) is 0. The predicted octanol–water partition coefficient (Wildman–Crippen LogP) is 9.17. The molecule has 0 spiro atoms. The zero-order chi connectivity index (χ0) is 39.5. The van der Waals surface area contributed by atoms with Gasteiger partial charge in [0.2, 0.25) is 0 Å². The molecule has 0 aromatic rings. The van der Waals surface area contributed by atoms with Crippen LogP contribution in [0.25, 0.3) is 0 Å². The molecule has 10 heteroatoms. The average molecular weight is 771 g/mol. The number of rotatable bonds is 37. The van der Waals surface area contributed by atoms with Gasteiger partial charge in [0, 0.05) is 12.8 Å². The third-order valence-electron chi connectivity index (χ3n) is 10.4. The fraction of sp³-hybridized carbons (Fsp3) is 0.909.